The molecule has 3 N–H and O–H groups in total. The molecule has 16 heavy (non-hydrogen) atoms. The van der Waals surface area contributed by atoms with Gasteiger partial charge in [0.05, 0.1) is 0 Å². The predicted molar refractivity (Wildman–Crippen MR) is 67.0 cm³/mol. The second kappa shape index (κ2) is 6.24. The van der Waals surface area contributed by atoms with Crippen LogP contribution in [0.5, 0.6) is 0 Å². The van der Waals surface area contributed by atoms with Gasteiger partial charge >= 0.3 is 0 Å². The summed E-state index contributed by atoms with van der Waals surface area (Å²) in [5.41, 5.74) is 5.44. The summed E-state index contributed by atoms with van der Waals surface area (Å²) in [4.78, 5) is 12.2. The molecule has 1 rings (SSSR count). The van der Waals surface area contributed by atoms with Gasteiger partial charge in [0.25, 0.3) is 0 Å². The molecule has 94 valence electrons. The van der Waals surface area contributed by atoms with Crippen LogP contribution in [-0.4, -0.2) is 19.0 Å². The maximum Gasteiger partial charge on any atom is 0.226 e. The number of hydrogen-bond donors (Lipinski definition) is 2. The topological polar surface area (TPSA) is 55.1 Å². The first-order valence-corrected chi connectivity index (χ1v) is 6.63. The van der Waals surface area contributed by atoms with Crippen molar-refractivity contribution in [3.63, 3.8) is 0 Å². The third kappa shape index (κ3) is 3.21. The molecule has 0 saturated heterocycles. The van der Waals surface area contributed by atoms with Crippen LogP contribution in [-0.2, 0) is 4.79 Å². The average molecular weight is 226 g/mol. The zero-order valence-electron chi connectivity index (χ0n) is 10.7. The quantitative estimate of drug-likeness (QED) is 0.728. The first-order valence-electron chi connectivity index (χ1n) is 6.63. The third-order valence-electron chi connectivity index (χ3n) is 3.99. The molecule has 1 saturated carbocycles. The van der Waals surface area contributed by atoms with Gasteiger partial charge in [-0.2, -0.15) is 0 Å². The lowest BCUT2D eigenvalue weighted by Gasteiger charge is -2.26. The van der Waals surface area contributed by atoms with Gasteiger partial charge < -0.3 is 11.1 Å². The van der Waals surface area contributed by atoms with Crippen LogP contribution < -0.4 is 11.1 Å². The average Bonchev–Trinajstić information content (AvgIpc) is 2.76. The van der Waals surface area contributed by atoms with Crippen molar-refractivity contribution >= 4 is 5.91 Å². The molecule has 1 atom stereocenters. The van der Waals surface area contributed by atoms with Crippen molar-refractivity contribution in [2.45, 2.75) is 52.4 Å². The summed E-state index contributed by atoms with van der Waals surface area (Å²) in [5.74, 6) is 0.764. The van der Waals surface area contributed by atoms with Crippen molar-refractivity contribution in [2.24, 2.45) is 17.1 Å². The molecule has 0 aromatic rings. The summed E-state index contributed by atoms with van der Waals surface area (Å²) in [6.07, 6.45) is 6.52. The smallest absolute Gasteiger partial charge is 0.226 e. The Morgan fingerprint density at radius 1 is 1.44 bits per heavy atom. The largest absolute Gasteiger partial charge is 0.355 e. The molecule has 0 aromatic carbocycles. The Hall–Kier alpha value is -0.570. The van der Waals surface area contributed by atoms with E-state index < -0.39 is 0 Å². The second-order valence-corrected chi connectivity index (χ2v) is 5.23. The SMILES string of the molecule is CCC1(C(=O)NCC(C)CCN)CCCC1. The van der Waals surface area contributed by atoms with Gasteiger partial charge in [-0.3, -0.25) is 4.79 Å². The molecular formula is C13H26N2O. The zero-order chi connectivity index (χ0) is 12.0. The molecule has 1 unspecified atom stereocenters. The number of amides is 1. The first-order chi connectivity index (χ1) is 7.64. The Morgan fingerprint density at radius 2 is 2.06 bits per heavy atom. The highest BCUT2D eigenvalue weighted by Gasteiger charge is 2.38. The molecule has 0 spiro atoms. The summed E-state index contributed by atoms with van der Waals surface area (Å²) in [6.45, 7) is 5.75. The van der Waals surface area contributed by atoms with Gasteiger partial charge in [-0.15, -0.1) is 0 Å². The van der Waals surface area contributed by atoms with Crippen LogP contribution in [0, 0.1) is 11.3 Å². The van der Waals surface area contributed by atoms with Crippen molar-refractivity contribution in [1.82, 2.24) is 5.32 Å². The molecule has 1 aliphatic rings. The molecule has 1 aliphatic carbocycles. The Morgan fingerprint density at radius 3 is 2.56 bits per heavy atom. The van der Waals surface area contributed by atoms with E-state index >= 15 is 0 Å². The van der Waals surface area contributed by atoms with Crippen LogP contribution in [0.25, 0.3) is 0 Å². The molecule has 3 heteroatoms. The number of carbonyl (C=O) groups is 1. The summed E-state index contributed by atoms with van der Waals surface area (Å²) in [5, 5.41) is 3.11. The van der Waals surface area contributed by atoms with Gasteiger partial charge in [-0.25, -0.2) is 0 Å². The van der Waals surface area contributed by atoms with Gasteiger partial charge in [0.2, 0.25) is 5.91 Å². The minimum Gasteiger partial charge on any atom is -0.355 e. The Balaban J connectivity index is 2.38. The van der Waals surface area contributed by atoms with E-state index in [1.165, 1.54) is 12.8 Å². The molecule has 3 nitrogen and oxygen atoms in total. The van der Waals surface area contributed by atoms with Crippen LogP contribution in [0.4, 0.5) is 0 Å². The summed E-state index contributed by atoms with van der Waals surface area (Å²) in [7, 11) is 0. The lowest BCUT2D eigenvalue weighted by atomic mass is 9.82. The molecule has 1 amide bonds. The standard InChI is InChI=1S/C13H26N2O/c1-3-13(7-4-5-8-13)12(16)15-10-11(2)6-9-14/h11H,3-10,14H2,1-2H3,(H,15,16). The number of rotatable bonds is 6. The highest BCUT2D eigenvalue weighted by atomic mass is 16.2. The van der Waals surface area contributed by atoms with Crippen LogP contribution in [0.2, 0.25) is 0 Å². The lowest BCUT2D eigenvalue weighted by Crippen LogP contribution is -2.40. The van der Waals surface area contributed by atoms with E-state index in [4.69, 9.17) is 5.73 Å². The fourth-order valence-electron chi connectivity index (χ4n) is 2.63. The monoisotopic (exact) mass is 226 g/mol. The Bertz CT molecular complexity index is 222. The van der Waals surface area contributed by atoms with Crippen LogP contribution >= 0.6 is 0 Å². The second-order valence-electron chi connectivity index (χ2n) is 5.23. The summed E-state index contributed by atoms with van der Waals surface area (Å²) in [6, 6.07) is 0. The fraction of sp³-hybridized carbons (Fsp3) is 0.923. The van der Waals surface area contributed by atoms with Gasteiger partial charge in [-0.1, -0.05) is 26.7 Å². The van der Waals surface area contributed by atoms with Crippen molar-refractivity contribution in [3.8, 4) is 0 Å². The van der Waals surface area contributed by atoms with E-state index in [2.05, 4.69) is 19.2 Å². The summed E-state index contributed by atoms with van der Waals surface area (Å²) >= 11 is 0. The van der Waals surface area contributed by atoms with E-state index in [0.29, 0.717) is 12.5 Å². The number of nitrogens with two attached hydrogens (primary N) is 1. The van der Waals surface area contributed by atoms with Crippen molar-refractivity contribution in [1.29, 1.82) is 0 Å². The van der Waals surface area contributed by atoms with E-state index in [9.17, 15) is 4.79 Å². The molecule has 0 heterocycles. The normalized spacial score (nSPS) is 20.7. The predicted octanol–water partition coefficient (Wildman–Crippen LogP) is 2.06. The Labute approximate surface area is 99.2 Å². The van der Waals surface area contributed by atoms with Crippen molar-refractivity contribution in [2.75, 3.05) is 13.1 Å². The third-order valence-corrected chi connectivity index (χ3v) is 3.99. The maximum absolute atomic E-state index is 12.2. The van der Waals surface area contributed by atoms with Crippen molar-refractivity contribution < 1.29 is 4.79 Å². The first kappa shape index (κ1) is 13.5. The van der Waals surface area contributed by atoms with E-state index in [1.807, 2.05) is 0 Å². The molecule has 1 fully saturated rings. The molecular weight excluding hydrogens is 200 g/mol. The van der Waals surface area contributed by atoms with Crippen LogP contribution in [0.3, 0.4) is 0 Å². The van der Waals surface area contributed by atoms with E-state index in [-0.39, 0.29) is 11.3 Å². The van der Waals surface area contributed by atoms with Gasteiger partial charge in [0, 0.05) is 12.0 Å². The molecule has 0 aliphatic heterocycles. The highest BCUT2D eigenvalue weighted by molar-refractivity contribution is 5.82. The van der Waals surface area contributed by atoms with Gasteiger partial charge in [-0.05, 0) is 38.1 Å². The minimum atomic E-state index is -0.0531. The molecule has 0 aromatic heterocycles. The van der Waals surface area contributed by atoms with Gasteiger partial charge in [0.15, 0.2) is 0 Å². The lowest BCUT2D eigenvalue weighted by molar-refractivity contribution is -0.131. The Kier molecular flexibility index (Phi) is 5.26. The van der Waals surface area contributed by atoms with E-state index in [0.717, 1.165) is 32.2 Å². The maximum atomic E-state index is 12.2. The molecule has 0 bridgehead atoms. The highest BCUT2D eigenvalue weighted by Crippen LogP contribution is 2.41. The zero-order valence-corrected chi connectivity index (χ0v) is 10.7. The number of hydrogen-bond acceptors (Lipinski definition) is 2. The van der Waals surface area contributed by atoms with Gasteiger partial charge in [0.1, 0.15) is 0 Å². The van der Waals surface area contributed by atoms with Crippen LogP contribution in [0.1, 0.15) is 52.4 Å². The van der Waals surface area contributed by atoms with Crippen molar-refractivity contribution in [3.05, 3.63) is 0 Å². The number of nitrogens with one attached hydrogen (secondary N) is 1. The fourth-order valence-corrected chi connectivity index (χ4v) is 2.63. The van der Waals surface area contributed by atoms with Crippen LogP contribution in [0.15, 0.2) is 0 Å². The van der Waals surface area contributed by atoms with E-state index in [1.54, 1.807) is 0 Å². The minimum absolute atomic E-state index is 0.0531. The molecule has 0 radical (unpaired) electrons. The summed E-state index contributed by atoms with van der Waals surface area (Å²) < 4.78 is 0. The number of carbonyl (C=O) groups excluding carboxylic acids is 1.